The molecule has 1 atom stereocenters. The van der Waals surface area contributed by atoms with Crippen LogP contribution in [0.3, 0.4) is 0 Å². The van der Waals surface area contributed by atoms with E-state index >= 15 is 0 Å². The van der Waals surface area contributed by atoms with Crippen molar-refractivity contribution in [2.45, 2.75) is 6.17 Å². The number of para-hydroxylation sites is 2. The van der Waals surface area contributed by atoms with Crippen LogP contribution in [0.15, 0.2) is 177 Å². The van der Waals surface area contributed by atoms with Gasteiger partial charge in [-0.05, 0) is 64.4 Å². The molecule has 11 rings (SSSR count). The second kappa shape index (κ2) is 11.2. The highest BCUT2D eigenvalue weighted by atomic mass is 16.3. The number of benzene rings is 7. The van der Waals surface area contributed by atoms with Crippen LogP contribution in [-0.4, -0.2) is 16.7 Å². The highest BCUT2D eigenvalue weighted by Crippen LogP contribution is 2.41. The van der Waals surface area contributed by atoms with E-state index in [-0.39, 0.29) is 0 Å². The largest absolute Gasteiger partial charge is 0.456 e. The fraction of sp³-hybridized carbons (Fsp3) is 0.0217. The minimum absolute atomic E-state index is 0.416. The Morgan fingerprint density at radius 3 is 2.12 bits per heavy atom. The summed E-state index contributed by atoms with van der Waals surface area (Å²) in [7, 11) is 0. The molecule has 1 aliphatic heterocycles. The first-order valence-electron chi connectivity index (χ1n) is 17.4. The van der Waals surface area contributed by atoms with Crippen LogP contribution in [0.2, 0.25) is 0 Å². The Hall–Kier alpha value is -7.05. The van der Waals surface area contributed by atoms with Crippen LogP contribution >= 0.6 is 0 Å². The van der Waals surface area contributed by atoms with Crippen molar-refractivity contribution in [2.24, 2.45) is 9.98 Å². The quantitative estimate of drug-likeness (QED) is 0.202. The Morgan fingerprint density at radius 2 is 1.21 bits per heavy atom. The molecule has 10 aromatic rings. The molecule has 0 saturated carbocycles. The second-order valence-electron chi connectivity index (χ2n) is 13.2. The molecule has 1 aliphatic rings. The van der Waals surface area contributed by atoms with Crippen LogP contribution < -0.4 is 5.32 Å². The van der Waals surface area contributed by atoms with Crippen molar-refractivity contribution in [1.29, 1.82) is 0 Å². The molecule has 0 fully saturated rings. The fourth-order valence-electron chi connectivity index (χ4n) is 7.73. The van der Waals surface area contributed by atoms with Gasteiger partial charge in [0.15, 0.2) is 11.4 Å². The van der Waals surface area contributed by atoms with Gasteiger partial charge in [0.05, 0.1) is 10.9 Å². The molecule has 3 aromatic heterocycles. The van der Waals surface area contributed by atoms with Crippen molar-refractivity contribution in [3.63, 3.8) is 0 Å². The topological polar surface area (TPSA) is 75.9 Å². The van der Waals surface area contributed by atoms with Crippen molar-refractivity contribution >= 4 is 77.4 Å². The molecule has 0 bridgehead atoms. The molecule has 52 heavy (non-hydrogen) atoms. The number of nitrogens with zero attached hydrogens (tertiary/aromatic N) is 3. The predicted octanol–water partition coefficient (Wildman–Crippen LogP) is 11.3. The molecule has 6 nitrogen and oxygen atoms in total. The lowest BCUT2D eigenvalue weighted by molar-refractivity contribution is 0.662. The third kappa shape index (κ3) is 4.48. The number of hydrogen-bond donors (Lipinski definition) is 1. The van der Waals surface area contributed by atoms with Crippen LogP contribution in [0.4, 0.5) is 0 Å². The van der Waals surface area contributed by atoms with Gasteiger partial charge in [-0.1, -0.05) is 115 Å². The lowest BCUT2D eigenvalue weighted by Gasteiger charge is -2.25. The van der Waals surface area contributed by atoms with E-state index in [2.05, 4.69) is 90.2 Å². The summed E-state index contributed by atoms with van der Waals surface area (Å²) in [4.78, 5) is 15.6. The molecular formula is C46H28N4O2. The van der Waals surface area contributed by atoms with Gasteiger partial charge >= 0.3 is 0 Å². The Bertz CT molecular complexity index is 3120. The van der Waals surface area contributed by atoms with Gasteiger partial charge in [-0.3, -0.25) is 0 Å². The fourth-order valence-corrected chi connectivity index (χ4v) is 7.73. The summed E-state index contributed by atoms with van der Waals surface area (Å²) >= 11 is 0. The number of amidine groups is 2. The zero-order valence-corrected chi connectivity index (χ0v) is 27.7. The van der Waals surface area contributed by atoms with Crippen LogP contribution in [-0.2, 0) is 0 Å². The maximum Gasteiger partial charge on any atom is 0.159 e. The van der Waals surface area contributed by atoms with Crippen molar-refractivity contribution in [3.05, 3.63) is 174 Å². The summed E-state index contributed by atoms with van der Waals surface area (Å²) in [6.07, 6.45) is -0.416. The van der Waals surface area contributed by atoms with Crippen molar-refractivity contribution < 1.29 is 8.83 Å². The van der Waals surface area contributed by atoms with E-state index < -0.39 is 6.17 Å². The third-order valence-electron chi connectivity index (χ3n) is 10.1. The highest BCUT2D eigenvalue weighted by Gasteiger charge is 2.26. The van der Waals surface area contributed by atoms with Crippen LogP contribution in [0.5, 0.6) is 0 Å². The number of aromatic nitrogens is 1. The Balaban J connectivity index is 1.13. The van der Waals surface area contributed by atoms with Gasteiger partial charge < -0.3 is 14.2 Å². The van der Waals surface area contributed by atoms with Crippen molar-refractivity contribution in [3.8, 4) is 11.1 Å². The summed E-state index contributed by atoms with van der Waals surface area (Å²) in [5.41, 5.74) is 10.1. The standard InChI is InChI=1S/C46H28N4O2/c1-2-12-27(13-3-1)44-48-45(50-46(49-44)34-19-11-22-38-41(34)33-17-7-9-21-37(33)51-38)30-24-28-14-4-6-16-31(28)35(25-30)32-18-10-23-39-42(32)43-40(52-39)26-29-15-5-8-20-36(29)47-43/h1-26,46H,(H,48,49,50). The molecule has 1 N–H and O–H groups in total. The minimum Gasteiger partial charge on any atom is -0.456 e. The summed E-state index contributed by atoms with van der Waals surface area (Å²) in [6, 6.07) is 54.0. The van der Waals surface area contributed by atoms with Gasteiger partial charge in [-0.2, -0.15) is 0 Å². The first kappa shape index (κ1) is 28.8. The first-order chi connectivity index (χ1) is 25.7. The number of nitrogens with one attached hydrogen (secondary N) is 1. The van der Waals surface area contributed by atoms with Crippen molar-refractivity contribution in [2.75, 3.05) is 0 Å². The zero-order chi connectivity index (χ0) is 34.2. The maximum absolute atomic E-state index is 6.44. The Morgan fingerprint density at radius 1 is 0.500 bits per heavy atom. The van der Waals surface area contributed by atoms with Gasteiger partial charge in [0.2, 0.25) is 0 Å². The molecule has 0 saturated heterocycles. The molecule has 244 valence electrons. The molecule has 7 aromatic carbocycles. The average molecular weight is 669 g/mol. The van der Waals surface area contributed by atoms with Gasteiger partial charge in [-0.25, -0.2) is 15.0 Å². The predicted molar refractivity (Wildman–Crippen MR) is 211 cm³/mol. The number of aliphatic imine (C=N–C) groups is 2. The Kier molecular flexibility index (Phi) is 6.21. The van der Waals surface area contributed by atoms with Crippen LogP contribution in [0.1, 0.15) is 22.9 Å². The average Bonchev–Trinajstić information content (AvgIpc) is 3.78. The molecular weight excluding hydrogens is 641 g/mol. The summed E-state index contributed by atoms with van der Waals surface area (Å²) < 4.78 is 12.7. The Labute approximate surface area is 297 Å². The van der Waals surface area contributed by atoms with Gasteiger partial charge in [0.1, 0.15) is 34.3 Å². The van der Waals surface area contributed by atoms with E-state index in [4.69, 9.17) is 23.8 Å². The molecule has 1 unspecified atom stereocenters. The van der Waals surface area contributed by atoms with E-state index in [0.717, 1.165) is 99.3 Å². The van der Waals surface area contributed by atoms with E-state index in [1.807, 2.05) is 72.8 Å². The van der Waals surface area contributed by atoms with E-state index in [1.165, 1.54) is 0 Å². The summed E-state index contributed by atoms with van der Waals surface area (Å²) in [6.45, 7) is 0. The lowest BCUT2D eigenvalue weighted by atomic mass is 9.92. The second-order valence-corrected chi connectivity index (χ2v) is 13.2. The van der Waals surface area contributed by atoms with Gasteiger partial charge in [0.25, 0.3) is 0 Å². The smallest absolute Gasteiger partial charge is 0.159 e. The normalized spacial score (nSPS) is 14.7. The molecule has 0 radical (unpaired) electrons. The monoisotopic (exact) mass is 668 g/mol. The molecule has 6 heteroatoms. The lowest BCUT2D eigenvalue weighted by Crippen LogP contribution is -2.33. The summed E-state index contributed by atoms with van der Waals surface area (Å²) in [5.74, 6) is 1.40. The molecule has 0 amide bonds. The first-order valence-corrected chi connectivity index (χ1v) is 17.4. The van der Waals surface area contributed by atoms with Gasteiger partial charge in [-0.15, -0.1) is 0 Å². The van der Waals surface area contributed by atoms with Crippen LogP contribution in [0, 0.1) is 0 Å². The van der Waals surface area contributed by atoms with E-state index in [9.17, 15) is 0 Å². The van der Waals surface area contributed by atoms with Crippen LogP contribution in [0.25, 0.3) is 76.8 Å². The number of rotatable bonds is 4. The third-order valence-corrected chi connectivity index (χ3v) is 10.1. The van der Waals surface area contributed by atoms with E-state index in [0.29, 0.717) is 5.84 Å². The zero-order valence-electron chi connectivity index (χ0n) is 27.7. The number of fused-ring (bicyclic) bond motifs is 8. The molecule has 0 aliphatic carbocycles. The van der Waals surface area contributed by atoms with Gasteiger partial charge in [0, 0.05) is 32.8 Å². The highest BCUT2D eigenvalue weighted by molar-refractivity contribution is 6.19. The SMILES string of the molecule is c1ccc(C2=NC(c3cccc4oc5ccccc5c34)NC(c3cc(-c4cccc5oc6cc7ccccc7nc6c45)c4ccccc4c3)=N2)cc1. The number of furan rings is 2. The number of pyridine rings is 1. The van der Waals surface area contributed by atoms with E-state index in [1.54, 1.807) is 0 Å². The summed E-state index contributed by atoms with van der Waals surface area (Å²) in [5, 5.41) is 10.1. The maximum atomic E-state index is 6.44. The molecule has 0 spiro atoms. The minimum atomic E-state index is -0.416. The van der Waals surface area contributed by atoms with Crippen molar-refractivity contribution in [1.82, 2.24) is 10.3 Å². The molecule has 4 heterocycles. The number of hydrogen-bond acceptors (Lipinski definition) is 6.